The molecule has 21 heavy (non-hydrogen) atoms. The molecule has 0 saturated heterocycles. The second kappa shape index (κ2) is 6.81. The summed E-state index contributed by atoms with van der Waals surface area (Å²) in [5.41, 5.74) is 1.64. The molecule has 1 aliphatic carbocycles. The van der Waals surface area contributed by atoms with E-state index in [9.17, 15) is 8.42 Å². The van der Waals surface area contributed by atoms with E-state index in [4.69, 9.17) is 4.55 Å². The van der Waals surface area contributed by atoms with Crippen LogP contribution in [0.15, 0.2) is 12.7 Å². The minimum absolute atomic E-state index is 0.551. The van der Waals surface area contributed by atoms with Crippen LogP contribution in [0.3, 0.4) is 0 Å². The highest BCUT2D eigenvalue weighted by atomic mass is 32.2. The van der Waals surface area contributed by atoms with Gasteiger partial charge < -0.3 is 10.3 Å². The zero-order valence-corrected chi connectivity index (χ0v) is 12.6. The minimum atomic E-state index is -3.67. The van der Waals surface area contributed by atoms with Crippen molar-refractivity contribution >= 4 is 27.1 Å². The van der Waals surface area contributed by atoms with Gasteiger partial charge in [0.05, 0.1) is 12.6 Å². The summed E-state index contributed by atoms with van der Waals surface area (Å²) < 4.78 is 25.9. The van der Waals surface area contributed by atoms with Crippen molar-refractivity contribution in [3.05, 3.63) is 12.7 Å². The summed E-state index contributed by atoms with van der Waals surface area (Å²) in [6, 6.07) is 0.551. The molecule has 0 amide bonds. The van der Waals surface area contributed by atoms with Gasteiger partial charge in [0.15, 0.2) is 11.5 Å². The van der Waals surface area contributed by atoms with Gasteiger partial charge in [0.25, 0.3) is 10.1 Å². The lowest BCUT2D eigenvalue weighted by atomic mass is 9.95. The molecular formula is C12H19N5O3S. The smallest absolute Gasteiger partial charge is 0.261 e. The first kappa shape index (κ1) is 15.6. The van der Waals surface area contributed by atoms with Crippen LogP contribution in [-0.4, -0.2) is 45.2 Å². The van der Waals surface area contributed by atoms with Crippen molar-refractivity contribution in [1.29, 1.82) is 0 Å². The lowest BCUT2D eigenvalue weighted by molar-refractivity contribution is 0.462. The molecule has 0 unspecified atom stereocenters. The first-order chi connectivity index (χ1) is 9.93. The maximum Gasteiger partial charge on any atom is 0.261 e. The molecule has 2 aromatic heterocycles. The van der Waals surface area contributed by atoms with Crippen LogP contribution in [0.4, 0.5) is 5.82 Å². The number of H-pyrrole nitrogens is 1. The number of rotatable bonds is 2. The van der Waals surface area contributed by atoms with Gasteiger partial charge in [0.1, 0.15) is 11.8 Å². The maximum absolute atomic E-state index is 9.19. The van der Waals surface area contributed by atoms with Gasteiger partial charge in [-0.3, -0.25) is 4.55 Å². The average Bonchev–Trinajstić information content (AvgIpc) is 2.87. The van der Waals surface area contributed by atoms with Gasteiger partial charge in [-0.1, -0.05) is 19.3 Å². The summed E-state index contributed by atoms with van der Waals surface area (Å²) in [7, 11) is -3.67. The van der Waals surface area contributed by atoms with Crippen LogP contribution in [0.25, 0.3) is 11.2 Å². The molecule has 0 atom stereocenters. The van der Waals surface area contributed by atoms with Gasteiger partial charge in [0, 0.05) is 6.04 Å². The van der Waals surface area contributed by atoms with Crippen LogP contribution in [0.5, 0.6) is 0 Å². The van der Waals surface area contributed by atoms with E-state index in [0.29, 0.717) is 12.3 Å². The van der Waals surface area contributed by atoms with Gasteiger partial charge in [-0.2, -0.15) is 8.42 Å². The van der Waals surface area contributed by atoms with Crippen LogP contribution in [0, 0.1) is 0 Å². The van der Waals surface area contributed by atoms with Gasteiger partial charge in [-0.05, 0) is 12.8 Å². The van der Waals surface area contributed by atoms with E-state index in [1.54, 1.807) is 12.7 Å². The number of aromatic nitrogens is 4. The number of hydrogen-bond donors (Lipinski definition) is 3. The minimum Gasteiger partial charge on any atom is -0.365 e. The van der Waals surface area contributed by atoms with E-state index < -0.39 is 10.1 Å². The maximum atomic E-state index is 9.19. The molecule has 3 N–H and O–H groups in total. The fraction of sp³-hybridized carbons (Fsp3) is 0.583. The standard InChI is InChI=1S/C11H15N5.CH4O3S/c1-2-4-8(5-3-1)16-11-9-10(13-6-12-9)14-7-15-11;1-5(2,3)4/h6-8H,1-5H2,(H2,12,13,14,15,16);1H3,(H,2,3,4). The fourth-order valence-corrected chi connectivity index (χ4v) is 2.31. The first-order valence-electron chi connectivity index (χ1n) is 6.76. The lowest BCUT2D eigenvalue weighted by Gasteiger charge is -2.23. The molecule has 3 rings (SSSR count). The third-order valence-electron chi connectivity index (χ3n) is 3.17. The number of aromatic amines is 1. The molecule has 0 spiro atoms. The van der Waals surface area contributed by atoms with Gasteiger partial charge in [0.2, 0.25) is 0 Å². The van der Waals surface area contributed by atoms with Crippen LogP contribution in [0.1, 0.15) is 32.1 Å². The number of imidazole rings is 1. The van der Waals surface area contributed by atoms with Crippen molar-refractivity contribution in [2.75, 3.05) is 11.6 Å². The molecule has 0 bridgehead atoms. The van der Waals surface area contributed by atoms with E-state index in [-0.39, 0.29) is 0 Å². The normalized spacial score (nSPS) is 16.3. The quantitative estimate of drug-likeness (QED) is 0.720. The second-order valence-corrected chi connectivity index (χ2v) is 6.50. The van der Waals surface area contributed by atoms with Crippen LogP contribution in [0.2, 0.25) is 0 Å². The highest BCUT2D eigenvalue weighted by Gasteiger charge is 2.15. The molecule has 2 heterocycles. The molecule has 1 saturated carbocycles. The van der Waals surface area contributed by atoms with Gasteiger partial charge >= 0.3 is 0 Å². The number of nitrogens with one attached hydrogen (secondary N) is 2. The van der Waals surface area contributed by atoms with Gasteiger partial charge in [-0.25, -0.2) is 15.0 Å². The summed E-state index contributed by atoms with van der Waals surface area (Å²) in [5.74, 6) is 0.884. The lowest BCUT2D eigenvalue weighted by Crippen LogP contribution is -2.23. The molecule has 1 fully saturated rings. The van der Waals surface area contributed by atoms with Crippen LogP contribution < -0.4 is 5.32 Å². The third kappa shape index (κ3) is 5.27. The number of nitrogens with zero attached hydrogens (tertiary/aromatic N) is 3. The molecule has 0 radical (unpaired) electrons. The predicted octanol–water partition coefficient (Wildman–Crippen LogP) is 1.60. The van der Waals surface area contributed by atoms with Gasteiger partial charge in [-0.15, -0.1) is 0 Å². The van der Waals surface area contributed by atoms with E-state index in [2.05, 4.69) is 25.3 Å². The summed E-state index contributed by atoms with van der Waals surface area (Å²) in [5, 5.41) is 3.49. The Labute approximate surface area is 123 Å². The SMILES string of the molecule is CS(=O)(=O)O.c1nc(NC2CCCCC2)c2[nH]cnc2n1. The number of hydrogen-bond acceptors (Lipinski definition) is 6. The van der Waals surface area contributed by atoms with Crippen LogP contribution >= 0.6 is 0 Å². The molecule has 2 aromatic rings. The van der Waals surface area contributed by atoms with E-state index >= 15 is 0 Å². The fourth-order valence-electron chi connectivity index (χ4n) is 2.31. The highest BCUT2D eigenvalue weighted by Crippen LogP contribution is 2.23. The van der Waals surface area contributed by atoms with Crippen molar-refractivity contribution in [1.82, 2.24) is 19.9 Å². The molecule has 8 nitrogen and oxygen atoms in total. The highest BCUT2D eigenvalue weighted by molar-refractivity contribution is 7.85. The Morgan fingerprint density at radius 1 is 1.24 bits per heavy atom. The average molecular weight is 313 g/mol. The molecular weight excluding hydrogens is 294 g/mol. The zero-order valence-electron chi connectivity index (χ0n) is 11.8. The van der Waals surface area contributed by atoms with E-state index in [0.717, 1.165) is 17.0 Å². The molecule has 0 aromatic carbocycles. The molecule has 0 aliphatic heterocycles. The Morgan fingerprint density at radius 3 is 2.57 bits per heavy atom. The number of anilines is 1. The topological polar surface area (TPSA) is 121 Å². The van der Waals surface area contributed by atoms with Crippen molar-refractivity contribution in [2.45, 2.75) is 38.1 Å². The van der Waals surface area contributed by atoms with E-state index in [1.165, 1.54) is 32.1 Å². The molecule has 116 valence electrons. The number of fused-ring (bicyclic) bond motifs is 1. The Kier molecular flexibility index (Phi) is 5.07. The Morgan fingerprint density at radius 2 is 1.90 bits per heavy atom. The summed E-state index contributed by atoms with van der Waals surface area (Å²) in [6.07, 6.45) is 10.4. The monoisotopic (exact) mass is 313 g/mol. The van der Waals surface area contributed by atoms with Crippen molar-refractivity contribution in [2.24, 2.45) is 0 Å². The molecule has 9 heteroatoms. The summed E-state index contributed by atoms with van der Waals surface area (Å²) in [4.78, 5) is 15.6. The predicted molar refractivity (Wildman–Crippen MR) is 79.7 cm³/mol. The summed E-state index contributed by atoms with van der Waals surface area (Å²) >= 11 is 0. The first-order valence-corrected chi connectivity index (χ1v) is 8.61. The van der Waals surface area contributed by atoms with Crippen molar-refractivity contribution in [3.63, 3.8) is 0 Å². The zero-order chi connectivity index (χ0) is 15.3. The van der Waals surface area contributed by atoms with Crippen molar-refractivity contribution < 1.29 is 13.0 Å². The van der Waals surface area contributed by atoms with Crippen LogP contribution in [-0.2, 0) is 10.1 Å². The third-order valence-corrected chi connectivity index (χ3v) is 3.17. The Hall–Kier alpha value is -1.74. The summed E-state index contributed by atoms with van der Waals surface area (Å²) in [6.45, 7) is 0. The van der Waals surface area contributed by atoms with E-state index in [1.807, 2.05) is 0 Å². The second-order valence-electron chi connectivity index (χ2n) is 5.04. The largest absolute Gasteiger partial charge is 0.365 e. The van der Waals surface area contributed by atoms with Crippen molar-refractivity contribution in [3.8, 4) is 0 Å². The Bertz CT molecular complexity index is 671. The Balaban J connectivity index is 0.000000282. The molecule has 1 aliphatic rings.